The molecule has 0 nitrogen and oxygen atoms in total. The Labute approximate surface area is 291 Å². The van der Waals surface area contributed by atoms with Gasteiger partial charge in [0.15, 0.2) is 0 Å². The Bertz CT molecular complexity index is 2330. The van der Waals surface area contributed by atoms with Crippen molar-refractivity contribution in [3.8, 4) is 44.5 Å². The van der Waals surface area contributed by atoms with Gasteiger partial charge in [-0.05, 0) is 121 Å². The third-order valence-corrected chi connectivity index (χ3v) is 9.25. The second-order valence-electron chi connectivity index (χ2n) is 12.1. The molecule has 0 aliphatic heterocycles. The highest BCUT2D eigenvalue weighted by Gasteiger charge is 2.19. The minimum absolute atomic E-state index is 1.10. The predicted molar refractivity (Wildman–Crippen MR) is 219 cm³/mol. The number of allylic oxidation sites excluding steroid dienone is 3. The van der Waals surface area contributed by atoms with Crippen molar-refractivity contribution in [3.63, 3.8) is 0 Å². The molecule has 0 radical (unpaired) electrons. The number of fused-ring (bicyclic) bond motifs is 3. The summed E-state index contributed by atoms with van der Waals surface area (Å²) >= 11 is 0. The highest BCUT2D eigenvalue weighted by molar-refractivity contribution is 6.18. The Kier molecular flexibility index (Phi) is 9.98. The van der Waals surface area contributed by atoms with Gasteiger partial charge in [-0.25, -0.2) is 0 Å². The lowest BCUT2D eigenvalue weighted by molar-refractivity contribution is 1.52. The van der Waals surface area contributed by atoms with Crippen molar-refractivity contribution in [2.24, 2.45) is 0 Å². The molecule has 0 aromatic heterocycles. The van der Waals surface area contributed by atoms with Crippen molar-refractivity contribution in [2.75, 3.05) is 0 Å². The third-order valence-electron chi connectivity index (χ3n) is 9.25. The zero-order valence-corrected chi connectivity index (χ0v) is 28.7. The summed E-state index contributed by atoms with van der Waals surface area (Å²) in [7, 11) is 0. The normalized spacial score (nSPS) is 11.1. The molecule has 0 atom stereocenters. The highest BCUT2D eigenvalue weighted by Crippen LogP contribution is 2.44. The number of benzene rings is 7. The lowest BCUT2D eigenvalue weighted by Gasteiger charge is -2.20. The molecule has 0 saturated heterocycles. The van der Waals surface area contributed by atoms with Crippen molar-refractivity contribution < 1.29 is 0 Å². The molecule has 0 heteroatoms. The second kappa shape index (κ2) is 14.8. The fourth-order valence-corrected chi connectivity index (χ4v) is 6.83. The molecule has 0 saturated carbocycles. The third kappa shape index (κ3) is 6.34. The smallest absolute Gasteiger partial charge is 0.00923 e. The van der Waals surface area contributed by atoms with Crippen molar-refractivity contribution in [3.05, 3.63) is 188 Å². The standard InChI is InChI=1S/C46H36.C3H6/c1-5-31(4)37-19-11-13-21-39(37)43-29-46-42-24-16-15-23-41(42)45(30-44(46)36(7-3)35(43)6-2)40-22-14-12-20-38(40)34-27-25-33(26-28-34)32-17-9-8-10-18-32;1-3-2/h5-30H,2-3H2,1,4H3;3H,1H2,2H3/b31-5+;. The molecule has 0 aliphatic carbocycles. The lowest BCUT2D eigenvalue weighted by Crippen LogP contribution is -1.96. The van der Waals surface area contributed by atoms with Crippen LogP contribution in [0, 0.1) is 0 Å². The maximum absolute atomic E-state index is 4.32. The summed E-state index contributed by atoms with van der Waals surface area (Å²) < 4.78 is 0. The maximum Gasteiger partial charge on any atom is -0.00923 e. The van der Waals surface area contributed by atoms with E-state index in [1.54, 1.807) is 6.08 Å². The minimum atomic E-state index is 1.10. The first-order chi connectivity index (χ1) is 24.0. The molecule has 0 spiro atoms. The molecule has 0 fully saturated rings. The van der Waals surface area contributed by atoms with Crippen LogP contribution >= 0.6 is 0 Å². The van der Waals surface area contributed by atoms with Gasteiger partial charge in [0.2, 0.25) is 0 Å². The molecule has 0 unspecified atom stereocenters. The van der Waals surface area contributed by atoms with E-state index in [4.69, 9.17) is 0 Å². The van der Waals surface area contributed by atoms with Gasteiger partial charge in [0.25, 0.3) is 0 Å². The van der Waals surface area contributed by atoms with E-state index in [0.29, 0.717) is 0 Å². The number of hydrogen-bond donors (Lipinski definition) is 0. The first kappa shape index (κ1) is 32.9. The summed E-state index contributed by atoms with van der Waals surface area (Å²) in [5, 5.41) is 4.85. The van der Waals surface area contributed by atoms with Gasteiger partial charge in [0.05, 0.1) is 0 Å². The Morgan fingerprint density at radius 1 is 0.429 bits per heavy atom. The van der Waals surface area contributed by atoms with Crippen molar-refractivity contribution in [1.29, 1.82) is 0 Å². The molecule has 0 heterocycles. The van der Waals surface area contributed by atoms with Crippen LogP contribution in [-0.4, -0.2) is 0 Å². The van der Waals surface area contributed by atoms with E-state index < -0.39 is 0 Å². The Hall–Kier alpha value is -5.98. The molecule has 0 N–H and O–H groups in total. The average Bonchev–Trinajstić information content (AvgIpc) is 3.17. The lowest BCUT2D eigenvalue weighted by atomic mass is 9.83. The first-order valence-corrected chi connectivity index (χ1v) is 16.9. The van der Waals surface area contributed by atoms with Gasteiger partial charge in [-0.1, -0.05) is 165 Å². The first-order valence-electron chi connectivity index (χ1n) is 16.9. The molecule has 0 amide bonds. The predicted octanol–water partition coefficient (Wildman–Crippen LogP) is 14.6. The fourth-order valence-electron chi connectivity index (χ4n) is 6.83. The Balaban J connectivity index is 0.00000134. The highest BCUT2D eigenvalue weighted by atomic mass is 14.2. The summed E-state index contributed by atoms with van der Waals surface area (Å²) in [6.07, 6.45) is 7.92. The van der Waals surface area contributed by atoms with Crippen molar-refractivity contribution in [1.82, 2.24) is 0 Å². The number of hydrogen-bond acceptors (Lipinski definition) is 0. The second-order valence-corrected chi connectivity index (χ2v) is 12.1. The fraction of sp³-hybridized carbons (Fsp3) is 0.0612. The summed E-state index contributed by atoms with van der Waals surface area (Å²) in [5.41, 5.74) is 14.3. The zero-order chi connectivity index (χ0) is 34.3. The monoisotopic (exact) mass is 630 g/mol. The zero-order valence-electron chi connectivity index (χ0n) is 28.7. The van der Waals surface area contributed by atoms with E-state index in [0.717, 1.165) is 11.1 Å². The molecule has 0 aliphatic rings. The average molecular weight is 631 g/mol. The van der Waals surface area contributed by atoms with Crippen LogP contribution in [0.5, 0.6) is 0 Å². The van der Waals surface area contributed by atoms with Crippen LogP contribution in [0.4, 0.5) is 0 Å². The summed E-state index contributed by atoms with van der Waals surface area (Å²) in [5.74, 6) is 0. The summed E-state index contributed by atoms with van der Waals surface area (Å²) in [6.45, 7) is 18.1. The van der Waals surface area contributed by atoms with Crippen LogP contribution in [0.3, 0.4) is 0 Å². The van der Waals surface area contributed by atoms with E-state index in [-0.39, 0.29) is 0 Å². The largest absolute Gasteiger partial charge is 0.103 e. The molecule has 238 valence electrons. The molecule has 7 aromatic rings. The molecule has 49 heavy (non-hydrogen) atoms. The number of rotatable bonds is 7. The molecular formula is C49H42. The van der Waals surface area contributed by atoms with Crippen molar-refractivity contribution in [2.45, 2.75) is 20.8 Å². The van der Waals surface area contributed by atoms with Gasteiger partial charge in [0, 0.05) is 0 Å². The van der Waals surface area contributed by atoms with Gasteiger partial charge in [-0.15, -0.1) is 6.58 Å². The SMILES string of the molecule is C=CC.C=Cc1c(-c2ccccc2/C(C)=C/C)cc2c(cc(-c3ccccc3-c3ccc(-c4ccccc4)cc3)c3ccccc32)c1C=C. The van der Waals surface area contributed by atoms with Crippen LogP contribution in [0.2, 0.25) is 0 Å². The van der Waals surface area contributed by atoms with Crippen molar-refractivity contribution >= 4 is 39.3 Å². The van der Waals surface area contributed by atoms with E-state index in [2.05, 4.69) is 179 Å². The van der Waals surface area contributed by atoms with E-state index >= 15 is 0 Å². The minimum Gasteiger partial charge on any atom is -0.103 e. The topological polar surface area (TPSA) is 0 Å². The quantitative estimate of drug-likeness (QED) is 0.121. The molecule has 7 rings (SSSR count). The van der Waals surface area contributed by atoms with Crippen LogP contribution in [0.25, 0.3) is 83.8 Å². The van der Waals surface area contributed by atoms with Crippen LogP contribution < -0.4 is 0 Å². The van der Waals surface area contributed by atoms with Gasteiger partial charge < -0.3 is 0 Å². The molecule has 7 aromatic carbocycles. The van der Waals surface area contributed by atoms with Gasteiger partial charge >= 0.3 is 0 Å². The van der Waals surface area contributed by atoms with E-state index in [9.17, 15) is 0 Å². The van der Waals surface area contributed by atoms with Crippen LogP contribution in [0.15, 0.2) is 171 Å². The Morgan fingerprint density at radius 3 is 1.59 bits per heavy atom. The molecule has 0 bridgehead atoms. The van der Waals surface area contributed by atoms with Gasteiger partial charge in [-0.2, -0.15) is 0 Å². The van der Waals surface area contributed by atoms with Crippen LogP contribution in [-0.2, 0) is 0 Å². The van der Waals surface area contributed by atoms with Gasteiger partial charge in [-0.3, -0.25) is 0 Å². The maximum atomic E-state index is 4.32. The summed E-state index contributed by atoms with van der Waals surface area (Å²) in [4.78, 5) is 0. The molecular weight excluding hydrogens is 589 g/mol. The summed E-state index contributed by atoms with van der Waals surface area (Å²) in [6, 6.07) is 50.4. The van der Waals surface area contributed by atoms with Gasteiger partial charge in [0.1, 0.15) is 0 Å². The van der Waals surface area contributed by atoms with Crippen LogP contribution in [0.1, 0.15) is 37.5 Å². The Morgan fingerprint density at radius 2 is 0.939 bits per heavy atom. The van der Waals surface area contributed by atoms with E-state index in [1.807, 2.05) is 19.1 Å². The van der Waals surface area contributed by atoms with E-state index in [1.165, 1.54) is 77.2 Å².